The summed E-state index contributed by atoms with van der Waals surface area (Å²) in [5.41, 5.74) is 3.40. The monoisotopic (exact) mass is 412 g/mol. The van der Waals surface area contributed by atoms with Gasteiger partial charge in [-0.15, -0.1) is 0 Å². The van der Waals surface area contributed by atoms with Crippen molar-refractivity contribution in [1.29, 1.82) is 0 Å². The van der Waals surface area contributed by atoms with Crippen molar-refractivity contribution in [1.82, 2.24) is 10.3 Å². The van der Waals surface area contributed by atoms with Crippen LogP contribution in [0.1, 0.15) is 16.1 Å². The summed E-state index contributed by atoms with van der Waals surface area (Å²) in [5.74, 6) is -0.645. The van der Waals surface area contributed by atoms with Gasteiger partial charge in [-0.05, 0) is 41.5 Å². The smallest absolute Gasteiger partial charge is 0.268 e. The van der Waals surface area contributed by atoms with Crippen molar-refractivity contribution >= 4 is 40.0 Å². The second-order valence-corrected chi connectivity index (χ2v) is 7.18. The van der Waals surface area contributed by atoms with Gasteiger partial charge in [-0.3, -0.25) is 4.79 Å². The lowest BCUT2D eigenvalue weighted by atomic mass is 10.0. The Morgan fingerprint density at radius 1 is 0.964 bits per heavy atom. The van der Waals surface area contributed by atoms with Crippen molar-refractivity contribution in [3.63, 3.8) is 0 Å². The van der Waals surface area contributed by atoms with E-state index in [-0.39, 0.29) is 18.3 Å². The summed E-state index contributed by atoms with van der Waals surface area (Å²) in [6.07, 6.45) is 0. The zero-order chi connectivity index (χ0) is 19.7. The zero-order valence-corrected chi connectivity index (χ0v) is 16.1. The molecule has 0 aliphatic carbocycles. The number of aromatic amines is 1. The molecule has 28 heavy (non-hydrogen) atoms. The summed E-state index contributed by atoms with van der Waals surface area (Å²) in [5, 5.41) is 4.43. The van der Waals surface area contributed by atoms with Crippen LogP contribution in [0.4, 0.5) is 4.39 Å². The number of hydrogen-bond donors (Lipinski definition) is 2. The average molecular weight is 413 g/mol. The van der Waals surface area contributed by atoms with E-state index < -0.39 is 0 Å². The first-order valence-electron chi connectivity index (χ1n) is 8.61. The lowest BCUT2D eigenvalue weighted by Crippen LogP contribution is -2.23. The van der Waals surface area contributed by atoms with E-state index in [9.17, 15) is 9.18 Å². The van der Waals surface area contributed by atoms with Gasteiger partial charge in [0.1, 0.15) is 11.5 Å². The highest BCUT2D eigenvalue weighted by Gasteiger charge is 2.19. The molecule has 0 aliphatic rings. The Kier molecular flexibility index (Phi) is 5.07. The number of fused-ring (bicyclic) bond motifs is 1. The molecule has 1 amide bonds. The van der Waals surface area contributed by atoms with Gasteiger partial charge in [-0.2, -0.15) is 0 Å². The molecule has 6 heteroatoms. The van der Waals surface area contributed by atoms with Crippen LogP contribution in [-0.2, 0) is 6.54 Å². The number of benzene rings is 3. The summed E-state index contributed by atoms with van der Waals surface area (Å²) >= 11 is 12.0. The van der Waals surface area contributed by atoms with Crippen LogP contribution in [0.15, 0.2) is 66.7 Å². The minimum atomic E-state index is -0.355. The van der Waals surface area contributed by atoms with Crippen molar-refractivity contribution in [2.75, 3.05) is 0 Å². The van der Waals surface area contributed by atoms with Crippen LogP contribution in [0.25, 0.3) is 22.0 Å². The lowest BCUT2D eigenvalue weighted by Gasteiger charge is -2.08. The van der Waals surface area contributed by atoms with Gasteiger partial charge in [-0.1, -0.05) is 59.6 Å². The summed E-state index contributed by atoms with van der Waals surface area (Å²) in [4.78, 5) is 16.0. The molecule has 2 N–H and O–H groups in total. The third-order valence-electron chi connectivity index (χ3n) is 4.49. The topological polar surface area (TPSA) is 44.9 Å². The first-order chi connectivity index (χ1) is 13.5. The fraction of sp³-hybridized carbons (Fsp3) is 0.0455. The predicted molar refractivity (Wildman–Crippen MR) is 111 cm³/mol. The van der Waals surface area contributed by atoms with Gasteiger partial charge in [0.15, 0.2) is 0 Å². The second kappa shape index (κ2) is 7.66. The van der Waals surface area contributed by atoms with Gasteiger partial charge in [0, 0.05) is 23.0 Å². The Morgan fingerprint density at radius 2 is 1.75 bits per heavy atom. The molecule has 140 valence electrons. The number of amides is 1. The molecule has 0 radical (unpaired) electrons. The SMILES string of the molecule is O=C(NCc1ccc(Cl)c(Cl)c1)c1[nH]c2ccc(F)cc2c1-c1ccccc1. The minimum Gasteiger partial charge on any atom is -0.350 e. The highest BCUT2D eigenvalue weighted by molar-refractivity contribution is 6.42. The Bertz CT molecular complexity index is 1170. The molecule has 0 fully saturated rings. The maximum atomic E-state index is 13.8. The molecule has 0 spiro atoms. The first-order valence-corrected chi connectivity index (χ1v) is 9.37. The molecule has 4 rings (SSSR count). The van der Waals surface area contributed by atoms with E-state index in [1.54, 1.807) is 24.3 Å². The number of H-pyrrole nitrogens is 1. The van der Waals surface area contributed by atoms with Gasteiger partial charge in [0.2, 0.25) is 0 Å². The Labute approximate surface area is 171 Å². The molecule has 0 saturated carbocycles. The highest BCUT2D eigenvalue weighted by atomic mass is 35.5. The summed E-state index contributed by atoms with van der Waals surface area (Å²) in [7, 11) is 0. The number of nitrogens with one attached hydrogen (secondary N) is 2. The molecular formula is C22H15Cl2FN2O. The van der Waals surface area contributed by atoms with Gasteiger partial charge >= 0.3 is 0 Å². The number of aromatic nitrogens is 1. The summed E-state index contributed by atoms with van der Waals surface area (Å²) in [6, 6.07) is 19.1. The molecular weight excluding hydrogens is 398 g/mol. The maximum absolute atomic E-state index is 13.8. The van der Waals surface area contributed by atoms with E-state index >= 15 is 0 Å². The highest BCUT2D eigenvalue weighted by Crippen LogP contribution is 2.33. The fourth-order valence-electron chi connectivity index (χ4n) is 3.16. The molecule has 0 atom stereocenters. The lowest BCUT2D eigenvalue weighted by molar-refractivity contribution is 0.0947. The summed E-state index contributed by atoms with van der Waals surface area (Å²) < 4.78 is 13.8. The van der Waals surface area contributed by atoms with Gasteiger partial charge in [0.25, 0.3) is 5.91 Å². The van der Waals surface area contributed by atoms with Crippen LogP contribution in [0.5, 0.6) is 0 Å². The van der Waals surface area contributed by atoms with Crippen molar-refractivity contribution in [2.45, 2.75) is 6.54 Å². The molecule has 4 aromatic rings. The fourth-order valence-corrected chi connectivity index (χ4v) is 3.48. The summed E-state index contributed by atoms with van der Waals surface area (Å²) in [6.45, 7) is 0.285. The number of rotatable bonds is 4. The third kappa shape index (κ3) is 3.61. The number of halogens is 3. The molecule has 1 heterocycles. The zero-order valence-electron chi connectivity index (χ0n) is 14.6. The maximum Gasteiger partial charge on any atom is 0.268 e. The van der Waals surface area contributed by atoms with Crippen LogP contribution in [0.3, 0.4) is 0 Å². The third-order valence-corrected chi connectivity index (χ3v) is 5.23. The molecule has 0 bridgehead atoms. The van der Waals surface area contributed by atoms with Crippen LogP contribution < -0.4 is 5.32 Å². The number of carbonyl (C=O) groups is 1. The van der Waals surface area contributed by atoms with E-state index in [2.05, 4.69) is 10.3 Å². The van der Waals surface area contributed by atoms with Crippen molar-refractivity contribution < 1.29 is 9.18 Å². The average Bonchev–Trinajstić information content (AvgIpc) is 3.08. The molecule has 3 aromatic carbocycles. The van der Waals surface area contributed by atoms with Crippen LogP contribution in [0.2, 0.25) is 10.0 Å². The van der Waals surface area contributed by atoms with Crippen molar-refractivity contribution in [3.8, 4) is 11.1 Å². The molecule has 0 aliphatic heterocycles. The van der Waals surface area contributed by atoms with Gasteiger partial charge in [0.05, 0.1) is 10.0 Å². The standard InChI is InChI=1S/C22H15Cl2FN2O/c23-17-8-6-13(10-18(17)24)12-26-22(28)21-20(14-4-2-1-3-5-14)16-11-15(25)7-9-19(16)27-21/h1-11,27H,12H2,(H,26,28). The van der Waals surface area contributed by atoms with Crippen molar-refractivity contribution in [3.05, 3.63) is 93.8 Å². The second-order valence-electron chi connectivity index (χ2n) is 6.36. The minimum absolute atomic E-state index is 0.285. The van der Waals surface area contributed by atoms with Crippen LogP contribution in [-0.4, -0.2) is 10.9 Å². The quantitative estimate of drug-likeness (QED) is 0.411. The molecule has 1 aromatic heterocycles. The Hall–Kier alpha value is -2.82. The van der Waals surface area contributed by atoms with Gasteiger partial charge < -0.3 is 10.3 Å². The van der Waals surface area contributed by atoms with Crippen molar-refractivity contribution in [2.24, 2.45) is 0 Å². The number of hydrogen-bond acceptors (Lipinski definition) is 1. The molecule has 0 saturated heterocycles. The first kappa shape index (κ1) is 18.5. The van der Waals surface area contributed by atoms with Gasteiger partial charge in [-0.25, -0.2) is 4.39 Å². The van der Waals surface area contributed by atoms with Crippen LogP contribution in [0, 0.1) is 5.82 Å². The van der Waals surface area contributed by atoms with E-state index in [1.165, 1.54) is 12.1 Å². The van der Waals surface area contributed by atoms with E-state index in [4.69, 9.17) is 23.2 Å². The van der Waals surface area contributed by atoms with Crippen LogP contribution >= 0.6 is 23.2 Å². The Balaban J connectivity index is 1.71. The largest absolute Gasteiger partial charge is 0.350 e. The predicted octanol–water partition coefficient (Wildman–Crippen LogP) is 6.21. The molecule has 3 nitrogen and oxygen atoms in total. The van der Waals surface area contributed by atoms with E-state index in [0.717, 1.165) is 11.1 Å². The van der Waals surface area contributed by atoms with E-state index in [1.807, 2.05) is 30.3 Å². The Morgan fingerprint density at radius 3 is 2.50 bits per heavy atom. The normalized spacial score (nSPS) is 11.0. The molecule has 0 unspecified atom stereocenters. The number of carbonyl (C=O) groups excluding carboxylic acids is 1. The van der Waals surface area contributed by atoms with E-state index in [0.29, 0.717) is 32.2 Å².